The van der Waals surface area contributed by atoms with Gasteiger partial charge >= 0.3 is 18.0 Å². The van der Waals surface area contributed by atoms with Gasteiger partial charge in [-0.3, -0.25) is 9.52 Å². The number of benzene rings is 1. The van der Waals surface area contributed by atoms with Crippen LogP contribution < -0.4 is 10.0 Å². The van der Waals surface area contributed by atoms with Gasteiger partial charge in [-0.1, -0.05) is 0 Å². The largest absolute Gasteiger partial charge is 0.416 e. The SMILES string of the molecule is O=C(c1nnc(C2CC(S(=O)(=O)Nc3ccc(C(F)(F)F)cc3)CN2)o1)N1CCCC1. The van der Waals surface area contributed by atoms with Gasteiger partial charge in [0.25, 0.3) is 0 Å². The maximum Gasteiger partial charge on any atom is 0.416 e. The molecule has 1 aromatic heterocycles. The van der Waals surface area contributed by atoms with E-state index in [0.29, 0.717) is 13.1 Å². The first-order chi connectivity index (χ1) is 14.6. The van der Waals surface area contributed by atoms with Crippen molar-refractivity contribution in [1.29, 1.82) is 0 Å². The molecule has 0 radical (unpaired) electrons. The van der Waals surface area contributed by atoms with E-state index in [1.165, 1.54) is 0 Å². The fourth-order valence-electron chi connectivity index (χ4n) is 3.62. The van der Waals surface area contributed by atoms with E-state index in [0.717, 1.165) is 37.1 Å². The third-order valence-corrected chi connectivity index (χ3v) is 7.07. The summed E-state index contributed by atoms with van der Waals surface area (Å²) in [6.07, 6.45) is -2.56. The molecule has 2 aliphatic rings. The minimum Gasteiger partial charge on any atom is -0.415 e. The Kier molecular flexibility index (Phi) is 5.64. The minimum absolute atomic E-state index is 0.0349. The maximum atomic E-state index is 12.7. The summed E-state index contributed by atoms with van der Waals surface area (Å²) in [6, 6.07) is 3.19. The first kappa shape index (κ1) is 21.6. The summed E-state index contributed by atoms with van der Waals surface area (Å²) in [5, 5.41) is 9.76. The van der Waals surface area contributed by atoms with Gasteiger partial charge in [0.05, 0.1) is 16.9 Å². The second-order valence-corrected chi connectivity index (χ2v) is 9.45. The summed E-state index contributed by atoms with van der Waals surface area (Å²) in [5.41, 5.74) is -0.832. The van der Waals surface area contributed by atoms with E-state index < -0.39 is 33.1 Å². The summed E-state index contributed by atoms with van der Waals surface area (Å²) in [6.45, 7) is 1.35. The Hall–Kier alpha value is -2.67. The average Bonchev–Trinajstić information content (AvgIpc) is 3.48. The molecule has 1 amide bonds. The van der Waals surface area contributed by atoms with Gasteiger partial charge in [0, 0.05) is 25.3 Å². The molecule has 2 unspecified atom stereocenters. The van der Waals surface area contributed by atoms with Crippen molar-refractivity contribution in [2.24, 2.45) is 0 Å². The van der Waals surface area contributed by atoms with Crippen LogP contribution in [0.15, 0.2) is 28.7 Å². The Morgan fingerprint density at radius 1 is 1.16 bits per heavy atom. The van der Waals surface area contributed by atoms with Crippen LogP contribution in [0.1, 0.15) is 47.4 Å². The van der Waals surface area contributed by atoms with E-state index in [1.807, 2.05) is 0 Å². The number of aromatic nitrogens is 2. The summed E-state index contributed by atoms with van der Waals surface area (Å²) >= 11 is 0. The number of anilines is 1. The second kappa shape index (κ2) is 8.11. The zero-order chi connectivity index (χ0) is 22.2. The molecule has 13 heteroatoms. The Labute approximate surface area is 176 Å². The number of likely N-dealkylation sites (tertiary alicyclic amines) is 1. The molecule has 31 heavy (non-hydrogen) atoms. The van der Waals surface area contributed by atoms with Crippen molar-refractivity contribution < 1.29 is 30.8 Å². The van der Waals surface area contributed by atoms with E-state index >= 15 is 0 Å². The van der Waals surface area contributed by atoms with Crippen molar-refractivity contribution in [3.8, 4) is 0 Å². The van der Waals surface area contributed by atoms with Gasteiger partial charge in [-0.25, -0.2) is 8.42 Å². The average molecular weight is 459 g/mol. The number of nitrogens with one attached hydrogen (secondary N) is 2. The molecule has 4 rings (SSSR count). The van der Waals surface area contributed by atoms with Gasteiger partial charge in [0.1, 0.15) is 0 Å². The van der Waals surface area contributed by atoms with E-state index in [1.54, 1.807) is 4.90 Å². The highest BCUT2D eigenvalue weighted by atomic mass is 32.2. The minimum atomic E-state index is -4.50. The van der Waals surface area contributed by atoms with Gasteiger partial charge in [0.2, 0.25) is 15.9 Å². The molecule has 0 bridgehead atoms. The zero-order valence-corrected chi connectivity index (χ0v) is 17.0. The molecule has 9 nitrogen and oxygen atoms in total. The zero-order valence-electron chi connectivity index (χ0n) is 16.2. The molecule has 1 aromatic carbocycles. The lowest BCUT2D eigenvalue weighted by Gasteiger charge is -2.14. The maximum absolute atomic E-state index is 12.7. The second-order valence-electron chi connectivity index (χ2n) is 7.49. The molecule has 0 saturated carbocycles. The van der Waals surface area contributed by atoms with Crippen molar-refractivity contribution in [3.05, 3.63) is 41.6 Å². The summed E-state index contributed by atoms with van der Waals surface area (Å²) < 4.78 is 71.0. The number of hydrogen-bond donors (Lipinski definition) is 2. The first-order valence-corrected chi connectivity index (χ1v) is 11.2. The van der Waals surface area contributed by atoms with Gasteiger partial charge in [0.15, 0.2) is 0 Å². The predicted octanol–water partition coefficient (Wildman–Crippen LogP) is 2.17. The summed E-state index contributed by atoms with van der Waals surface area (Å²) in [4.78, 5) is 13.9. The van der Waals surface area contributed by atoms with E-state index in [4.69, 9.17) is 4.42 Å². The first-order valence-electron chi connectivity index (χ1n) is 9.68. The Morgan fingerprint density at radius 2 is 1.84 bits per heavy atom. The van der Waals surface area contributed by atoms with Gasteiger partial charge in [-0.15, -0.1) is 10.2 Å². The van der Waals surface area contributed by atoms with Crippen LogP contribution in [0.4, 0.5) is 18.9 Å². The molecular weight excluding hydrogens is 439 g/mol. The lowest BCUT2D eigenvalue weighted by atomic mass is 10.2. The van der Waals surface area contributed by atoms with Crippen molar-refractivity contribution in [3.63, 3.8) is 0 Å². The smallest absolute Gasteiger partial charge is 0.415 e. The molecule has 2 fully saturated rings. The van der Waals surface area contributed by atoms with Gasteiger partial charge in [-0.2, -0.15) is 13.2 Å². The third kappa shape index (κ3) is 4.66. The number of carbonyl (C=O) groups is 1. The molecule has 0 spiro atoms. The highest BCUT2D eigenvalue weighted by molar-refractivity contribution is 7.93. The van der Waals surface area contributed by atoms with E-state index in [2.05, 4.69) is 20.2 Å². The molecule has 2 aliphatic heterocycles. The lowest BCUT2D eigenvalue weighted by molar-refractivity contribution is -0.137. The highest BCUT2D eigenvalue weighted by Gasteiger charge is 2.38. The quantitative estimate of drug-likeness (QED) is 0.704. The fraction of sp³-hybridized carbons (Fsp3) is 0.500. The molecule has 0 aliphatic carbocycles. The molecule has 168 valence electrons. The Morgan fingerprint density at radius 3 is 2.48 bits per heavy atom. The van der Waals surface area contributed by atoms with E-state index in [-0.39, 0.29) is 36.3 Å². The standard InChI is InChI=1S/C18H20F3N5O4S/c19-18(20,21)11-3-5-12(6-4-11)25-31(28,29)13-9-14(22-10-13)15-23-24-16(30-15)17(27)26-7-1-2-8-26/h3-6,13-14,22,25H,1-2,7-10H2. The van der Waals surface area contributed by atoms with Crippen LogP contribution in [-0.4, -0.2) is 54.3 Å². The van der Waals surface area contributed by atoms with Crippen LogP contribution in [-0.2, 0) is 16.2 Å². The fourth-order valence-corrected chi connectivity index (χ4v) is 5.01. The van der Waals surface area contributed by atoms with Crippen LogP contribution >= 0.6 is 0 Å². The molecule has 3 heterocycles. The number of halogens is 3. The topological polar surface area (TPSA) is 117 Å². The predicted molar refractivity (Wildman–Crippen MR) is 103 cm³/mol. The lowest BCUT2D eigenvalue weighted by Crippen LogP contribution is -2.29. The number of nitrogens with zero attached hydrogens (tertiary/aromatic N) is 3. The molecule has 2 saturated heterocycles. The van der Waals surface area contributed by atoms with Crippen molar-refractivity contribution in [2.75, 3.05) is 24.4 Å². The van der Waals surface area contributed by atoms with Crippen LogP contribution in [0.3, 0.4) is 0 Å². The van der Waals surface area contributed by atoms with Crippen LogP contribution in [0.2, 0.25) is 0 Å². The van der Waals surface area contributed by atoms with Crippen molar-refractivity contribution >= 4 is 21.6 Å². The highest BCUT2D eigenvalue weighted by Crippen LogP contribution is 2.31. The number of hydrogen-bond acceptors (Lipinski definition) is 7. The van der Waals surface area contributed by atoms with Crippen molar-refractivity contribution in [2.45, 2.75) is 36.7 Å². The monoisotopic (exact) mass is 459 g/mol. The van der Waals surface area contributed by atoms with E-state index in [9.17, 15) is 26.4 Å². The molecule has 2 N–H and O–H groups in total. The molecule has 2 atom stereocenters. The number of rotatable bonds is 5. The molecule has 2 aromatic rings. The number of amides is 1. The Balaban J connectivity index is 1.39. The number of alkyl halides is 3. The molecular formula is C18H20F3N5O4S. The van der Waals surface area contributed by atoms with Gasteiger partial charge < -0.3 is 14.6 Å². The third-order valence-electron chi connectivity index (χ3n) is 5.32. The normalized spacial score (nSPS) is 22.1. The van der Waals surface area contributed by atoms with Crippen LogP contribution in [0.25, 0.3) is 0 Å². The van der Waals surface area contributed by atoms with Crippen LogP contribution in [0.5, 0.6) is 0 Å². The van der Waals surface area contributed by atoms with Crippen molar-refractivity contribution in [1.82, 2.24) is 20.4 Å². The number of carbonyl (C=O) groups excluding carboxylic acids is 1. The summed E-state index contributed by atoms with van der Waals surface area (Å²) in [7, 11) is -3.88. The Bertz CT molecular complexity index is 1050. The number of sulfonamides is 1. The van der Waals surface area contributed by atoms with Gasteiger partial charge in [-0.05, 0) is 43.5 Å². The van der Waals surface area contributed by atoms with Crippen LogP contribution in [0, 0.1) is 0 Å². The summed E-state index contributed by atoms with van der Waals surface area (Å²) in [5.74, 6) is -0.356.